The number of allylic oxidation sites excluding steroid dienone is 4. The smallest absolute Gasteiger partial charge is 0.336 e. The molecule has 176 valence electrons. The van der Waals surface area contributed by atoms with Crippen molar-refractivity contribution in [2.24, 2.45) is 33.5 Å². The summed E-state index contributed by atoms with van der Waals surface area (Å²) < 4.78 is 11.4. The van der Waals surface area contributed by atoms with Crippen LogP contribution in [0, 0.1) is 33.5 Å². The molecule has 2 heterocycles. The second-order valence-corrected chi connectivity index (χ2v) is 11.9. The number of hydrogen-bond acceptors (Lipinski definition) is 7. The number of carbonyl (C=O) groups is 3. The summed E-state index contributed by atoms with van der Waals surface area (Å²) in [4.78, 5) is 39.3. The van der Waals surface area contributed by atoms with E-state index in [1.165, 1.54) is 6.08 Å². The van der Waals surface area contributed by atoms with E-state index in [0.29, 0.717) is 30.4 Å². The van der Waals surface area contributed by atoms with E-state index >= 15 is 0 Å². The maximum atomic E-state index is 14.1. The van der Waals surface area contributed by atoms with Crippen LogP contribution in [0.25, 0.3) is 0 Å². The first-order chi connectivity index (χ1) is 15.3. The van der Waals surface area contributed by atoms with E-state index in [2.05, 4.69) is 6.92 Å². The summed E-state index contributed by atoms with van der Waals surface area (Å²) in [6.45, 7) is 9.55. The Kier molecular flexibility index (Phi) is 3.67. The minimum absolute atomic E-state index is 0.122. The third-order valence-corrected chi connectivity index (χ3v) is 10.4. The number of esters is 1. The Morgan fingerprint density at radius 3 is 2.42 bits per heavy atom. The summed E-state index contributed by atoms with van der Waals surface area (Å²) >= 11 is 0. The van der Waals surface area contributed by atoms with Crippen LogP contribution in [0.5, 0.6) is 0 Å². The molecule has 1 spiro atoms. The highest BCUT2D eigenvalue weighted by molar-refractivity contribution is 6.06. The van der Waals surface area contributed by atoms with Crippen molar-refractivity contribution < 1.29 is 34.1 Å². The van der Waals surface area contributed by atoms with Gasteiger partial charge < -0.3 is 19.7 Å². The van der Waals surface area contributed by atoms with Gasteiger partial charge in [-0.25, -0.2) is 4.79 Å². The Balaban J connectivity index is 1.53. The van der Waals surface area contributed by atoms with Gasteiger partial charge in [0.1, 0.15) is 5.60 Å². The Labute approximate surface area is 192 Å². The molecule has 1 saturated heterocycles. The highest BCUT2D eigenvalue weighted by Crippen LogP contribution is 2.80. The molecule has 0 radical (unpaired) electrons. The molecule has 33 heavy (non-hydrogen) atoms. The lowest BCUT2D eigenvalue weighted by molar-refractivity contribution is -0.165. The molecule has 7 heteroatoms. The van der Waals surface area contributed by atoms with Gasteiger partial charge in [-0.15, -0.1) is 0 Å². The number of aliphatic hydroxyl groups is 2. The number of epoxide rings is 1. The van der Waals surface area contributed by atoms with Gasteiger partial charge in [0.2, 0.25) is 12.1 Å². The van der Waals surface area contributed by atoms with E-state index in [4.69, 9.17) is 9.47 Å². The quantitative estimate of drug-likeness (QED) is 0.463. The minimum Gasteiger partial charge on any atom is -0.504 e. The molecule has 6 rings (SSSR count). The summed E-state index contributed by atoms with van der Waals surface area (Å²) in [5.74, 6) is -1.69. The molecule has 8 atom stereocenters. The van der Waals surface area contributed by atoms with Gasteiger partial charge in [-0.3, -0.25) is 9.59 Å². The number of fused-ring (bicyclic) bond motifs is 3. The van der Waals surface area contributed by atoms with Gasteiger partial charge in [0.05, 0.1) is 16.9 Å². The second-order valence-electron chi connectivity index (χ2n) is 11.9. The number of rotatable bonds is 1. The number of aliphatic hydroxyl groups excluding tert-OH is 2. The average molecular weight is 455 g/mol. The van der Waals surface area contributed by atoms with Gasteiger partial charge in [0, 0.05) is 22.3 Å². The van der Waals surface area contributed by atoms with Crippen LogP contribution < -0.4 is 0 Å². The summed E-state index contributed by atoms with van der Waals surface area (Å²) in [5, 5.41) is 21.2. The van der Waals surface area contributed by atoms with Gasteiger partial charge >= 0.3 is 5.97 Å². The van der Waals surface area contributed by atoms with Crippen molar-refractivity contribution in [3.8, 4) is 0 Å². The maximum Gasteiger partial charge on any atom is 0.336 e. The van der Waals surface area contributed by atoms with Gasteiger partial charge in [-0.1, -0.05) is 19.9 Å². The molecule has 0 unspecified atom stereocenters. The first-order valence-corrected chi connectivity index (χ1v) is 11.8. The molecule has 0 amide bonds. The monoisotopic (exact) mass is 454 g/mol. The zero-order chi connectivity index (χ0) is 23.9. The van der Waals surface area contributed by atoms with E-state index in [1.807, 2.05) is 19.9 Å². The number of ether oxygens (including phenoxy) is 2. The Morgan fingerprint density at radius 1 is 1.09 bits per heavy atom. The molecule has 0 aromatic rings. The number of carbonyl (C=O) groups excluding carboxylic acids is 3. The van der Waals surface area contributed by atoms with Crippen molar-refractivity contribution >= 4 is 17.5 Å². The lowest BCUT2D eigenvalue weighted by Crippen LogP contribution is -2.66. The summed E-state index contributed by atoms with van der Waals surface area (Å²) in [6.07, 6.45) is 5.44. The third kappa shape index (κ3) is 2.01. The van der Waals surface area contributed by atoms with Crippen LogP contribution >= 0.6 is 0 Å². The van der Waals surface area contributed by atoms with Gasteiger partial charge in [-0.05, 0) is 63.7 Å². The first kappa shape index (κ1) is 21.3. The molecule has 2 aliphatic heterocycles. The fourth-order valence-electron chi connectivity index (χ4n) is 8.97. The average Bonchev–Trinajstić information content (AvgIpc) is 3.28. The van der Waals surface area contributed by atoms with Crippen molar-refractivity contribution in [1.82, 2.24) is 0 Å². The zero-order valence-electron chi connectivity index (χ0n) is 19.6. The van der Waals surface area contributed by atoms with Crippen molar-refractivity contribution in [2.75, 3.05) is 0 Å². The molecule has 7 nitrogen and oxygen atoms in total. The SMILES string of the molecule is CC1(C)C(=O)C=C[C@@]2(C)C1=C(O)C(=O)[C@]1(C)[C@@H]2CC[C@@]2(C)[C@H](C3=C[C@H](O)OC3=O)C[C@H]3O[C@]321. The Hall–Kier alpha value is -2.25. The van der Waals surface area contributed by atoms with Crippen molar-refractivity contribution in [3.63, 3.8) is 0 Å². The van der Waals surface area contributed by atoms with Gasteiger partial charge in [0.25, 0.3) is 0 Å². The van der Waals surface area contributed by atoms with Crippen LogP contribution in [-0.2, 0) is 23.9 Å². The summed E-state index contributed by atoms with van der Waals surface area (Å²) in [6, 6.07) is 0. The normalized spacial score (nSPS) is 51.5. The molecular formula is C26H30O7. The van der Waals surface area contributed by atoms with Crippen LogP contribution in [0.1, 0.15) is 53.9 Å². The highest BCUT2D eigenvalue weighted by atomic mass is 16.6. The molecule has 2 N–H and O–H groups in total. The molecule has 2 saturated carbocycles. The number of Topliss-reactive ketones (excluding diaryl/α,β-unsaturated/α-hetero) is 1. The highest BCUT2D eigenvalue weighted by Gasteiger charge is 2.87. The topological polar surface area (TPSA) is 113 Å². The molecule has 6 aliphatic rings. The van der Waals surface area contributed by atoms with Crippen molar-refractivity contribution in [3.05, 3.63) is 35.1 Å². The number of hydrogen-bond donors (Lipinski definition) is 2. The van der Waals surface area contributed by atoms with Crippen LogP contribution in [-0.4, -0.2) is 45.7 Å². The number of cyclic esters (lactones) is 1. The van der Waals surface area contributed by atoms with Crippen molar-refractivity contribution in [1.29, 1.82) is 0 Å². The van der Waals surface area contributed by atoms with E-state index in [-0.39, 0.29) is 35.3 Å². The van der Waals surface area contributed by atoms with E-state index < -0.39 is 39.5 Å². The largest absolute Gasteiger partial charge is 0.504 e. The second kappa shape index (κ2) is 5.69. The van der Waals surface area contributed by atoms with Crippen LogP contribution in [0.15, 0.2) is 35.1 Å². The predicted octanol–water partition coefficient (Wildman–Crippen LogP) is 2.93. The lowest BCUT2D eigenvalue weighted by atomic mass is 9.39. The van der Waals surface area contributed by atoms with Gasteiger partial charge in [-0.2, -0.15) is 0 Å². The van der Waals surface area contributed by atoms with Gasteiger partial charge in [0.15, 0.2) is 11.5 Å². The fraction of sp³-hybridized carbons (Fsp3) is 0.654. The Bertz CT molecular complexity index is 1140. The van der Waals surface area contributed by atoms with E-state index in [1.54, 1.807) is 19.9 Å². The fourth-order valence-corrected chi connectivity index (χ4v) is 8.97. The zero-order valence-corrected chi connectivity index (χ0v) is 19.6. The molecule has 4 aliphatic carbocycles. The number of ketones is 2. The van der Waals surface area contributed by atoms with Crippen LogP contribution in [0.3, 0.4) is 0 Å². The third-order valence-electron chi connectivity index (χ3n) is 10.4. The molecular weight excluding hydrogens is 424 g/mol. The van der Waals surface area contributed by atoms with E-state index in [0.717, 1.165) is 0 Å². The minimum atomic E-state index is -1.24. The molecule has 3 fully saturated rings. The van der Waals surface area contributed by atoms with Crippen LogP contribution in [0.2, 0.25) is 0 Å². The van der Waals surface area contributed by atoms with E-state index in [9.17, 15) is 24.6 Å². The Morgan fingerprint density at radius 2 is 1.79 bits per heavy atom. The molecule has 0 bridgehead atoms. The standard InChI is InChI=1S/C26H30O7/c1-22(2)15(27)7-8-23(3)14-6-9-24(4)13(12-10-17(28)32-21(12)31)11-16-26(24,33-16)25(14,5)20(30)18(29)19(22)23/h7-8,10,13-14,16-17,28-29H,6,9,11H2,1-5H3/t13-,14+,16+,17+,23+,24-,25-,26+/m0/s1. The van der Waals surface area contributed by atoms with Crippen LogP contribution in [0.4, 0.5) is 0 Å². The first-order valence-electron chi connectivity index (χ1n) is 11.8. The summed E-state index contributed by atoms with van der Waals surface area (Å²) in [5.41, 5.74) is -3.07. The molecule has 0 aromatic carbocycles. The maximum absolute atomic E-state index is 14.1. The molecule has 0 aromatic heterocycles. The van der Waals surface area contributed by atoms with Crippen molar-refractivity contribution in [2.45, 2.75) is 71.9 Å². The predicted molar refractivity (Wildman–Crippen MR) is 116 cm³/mol. The lowest BCUT2D eigenvalue weighted by Gasteiger charge is -2.62. The summed E-state index contributed by atoms with van der Waals surface area (Å²) in [7, 11) is 0.